The highest BCUT2D eigenvalue weighted by atomic mass is 32.2. The lowest BCUT2D eigenvalue weighted by Crippen LogP contribution is -2.57. The molecule has 0 N–H and O–H groups in total. The Kier molecular flexibility index (Phi) is 4.69. The van der Waals surface area contributed by atoms with Crippen molar-refractivity contribution in [3.8, 4) is 0 Å². The molecular weight excluding hydrogens is 380 g/mol. The van der Waals surface area contributed by atoms with Gasteiger partial charge in [0.05, 0.1) is 22.6 Å². The van der Waals surface area contributed by atoms with Crippen molar-refractivity contribution in [1.82, 2.24) is 9.80 Å². The van der Waals surface area contributed by atoms with Gasteiger partial charge in [-0.2, -0.15) is 0 Å². The van der Waals surface area contributed by atoms with Gasteiger partial charge in [0.15, 0.2) is 0 Å². The molecule has 28 heavy (non-hydrogen) atoms. The predicted octanol–water partition coefficient (Wildman–Crippen LogP) is 2.06. The third kappa shape index (κ3) is 2.73. The number of esters is 1. The summed E-state index contributed by atoms with van der Waals surface area (Å²) in [7, 11) is 0. The average molecular weight is 402 g/mol. The van der Waals surface area contributed by atoms with E-state index in [0.29, 0.717) is 36.1 Å². The van der Waals surface area contributed by atoms with Crippen LogP contribution in [0.15, 0.2) is 24.3 Å². The van der Waals surface area contributed by atoms with E-state index in [0.717, 1.165) is 4.90 Å². The maximum absolute atomic E-state index is 13.5. The standard InChI is InChI=1S/C20H22N2O5S/c1-3-27-19(26)15-11-28-20(2)10-6-9-14(18(25)22(15)20)21-16(23)12-7-4-5-8-13(12)17(21)24/h4-5,7-8,14-15H,3,6,9-11H2,1-2H3/t14-,15-,20?/m0/s1. The zero-order chi connectivity index (χ0) is 20.1. The van der Waals surface area contributed by atoms with Gasteiger partial charge in [0.2, 0.25) is 5.91 Å². The van der Waals surface area contributed by atoms with Crippen molar-refractivity contribution in [2.45, 2.75) is 50.1 Å². The predicted molar refractivity (Wildman–Crippen MR) is 103 cm³/mol. The molecule has 8 heteroatoms. The van der Waals surface area contributed by atoms with Crippen molar-refractivity contribution < 1.29 is 23.9 Å². The summed E-state index contributed by atoms with van der Waals surface area (Å²) in [5.41, 5.74) is 0.648. The molecule has 2 fully saturated rings. The molecule has 0 radical (unpaired) electrons. The van der Waals surface area contributed by atoms with Gasteiger partial charge in [0, 0.05) is 5.75 Å². The van der Waals surface area contributed by atoms with Crippen LogP contribution in [0.25, 0.3) is 0 Å². The lowest BCUT2D eigenvalue weighted by molar-refractivity contribution is -0.156. The van der Waals surface area contributed by atoms with Gasteiger partial charge >= 0.3 is 5.97 Å². The smallest absolute Gasteiger partial charge is 0.329 e. The van der Waals surface area contributed by atoms with Crippen LogP contribution in [0.4, 0.5) is 0 Å². The Bertz CT molecular complexity index is 837. The third-order valence-corrected chi connectivity index (χ3v) is 7.22. The second-order valence-corrected chi connectivity index (χ2v) is 8.90. The molecule has 3 aliphatic heterocycles. The Labute approximate surface area is 167 Å². The number of hydrogen-bond acceptors (Lipinski definition) is 6. The number of fused-ring (bicyclic) bond motifs is 2. The van der Waals surface area contributed by atoms with Gasteiger partial charge in [-0.25, -0.2) is 4.79 Å². The van der Waals surface area contributed by atoms with Gasteiger partial charge in [-0.05, 0) is 45.2 Å². The van der Waals surface area contributed by atoms with Crippen LogP contribution in [0.1, 0.15) is 53.8 Å². The number of ether oxygens (including phenoxy) is 1. The molecule has 3 aliphatic rings. The van der Waals surface area contributed by atoms with Crippen molar-refractivity contribution in [3.63, 3.8) is 0 Å². The average Bonchev–Trinajstić information content (AvgIpc) is 3.10. The second-order valence-electron chi connectivity index (χ2n) is 7.40. The first-order valence-corrected chi connectivity index (χ1v) is 10.5. The van der Waals surface area contributed by atoms with Gasteiger partial charge in [-0.1, -0.05) is 12.1 Å². The summed E-state index contributed by atoms with van der Waals surface area (Å²) in [6.07, 6.45) is 1.77. The van der Waals surface area contributed by atoms with Gasteiger partial charge in [-0.3, -0.25) is 19.3 Å². The first-order valence-electron chi connectivity index (χ1n) is 9.49. The van der Waals surface area contributed by atoms with E-state index in [1.54, 1.807) is 47.9 Å². The molecule has 0 saturated carbocycles. The first-order chi connectivity index (χ1) is 13.4. The maximum Gasteiger partial charge on any atom is 0.329 e. The van der Waals surface area contributed by atoms with Crippen molar-refractivity contribution in [3.05, 3.63) is 35.4 Å². The summed E-state index contributed by atoms with van der Waals surface area (Å²) in [5, 5.41) is 0. The summed E-state index contributed by atoms with van der Waals surface area (Å²) in [4.78, 5) is 53.9. The zero-order valence-electron chi connectivity index (χ0n) is 15.8. The number of rotatable bonds is 3. The SMILES string of the molecule is CCOC(=O)[C@@H]1CSC2(C)CCC[C@H](N3C(=O)c4ccccc4C3=O)C(=O)N12. The fraction of sp³-hybridized carbons (Fsp3) is 0.500. The molecule has 148 valence electrons. The number of benzene rings is 1. The summed E-state index contributed by atoms with van der Waals surface area (Å²) in [5.74, 6) is -1.22. The minimum atomic E-state index is -0.898. The molecule has 1 unspecified atom stereocenters. The van der Waals surface area contributed by atoms with Gasteiger partial charge in [-0.15, -0.1) is 11.8 Å². The molecule has 1 aromatic carbocycles. The molecule has 0 aromatic heterocycles. The number of hydrogen-bond donors (Lipinski definition) is 0. The van der Waals surface area contributed by atoms with Crippen LogP contribution in [0, 0.1) is 0 Å². The van der Waals surface area contributed by atoms with Crippen LogP contribution in [-0.2, 0) is 14.3 Å². The van der Waals surface area contributed by atoms with E-state index in [2.05, 4.69) is 0 Å². The largest absolute Gasteiger partial charge is 0.464 e. The summed E-state index contributed by atoms with van der Waals surface area (Å²) < 4.78 is 5.17. The maximum atomic E-state index is 13.5. The van der Waals surface area contributed by atoms with Gasteiger partial charge in [0.1, 0.15) is 12.1 Å². The highest BCUT2D eigenvalue weighted by molar-refractivity contribution is 8.00. The first kappa shape index (κ1) is 19.0. The van der Waals surface area contributed by atoms with Crippen LogP contribution in [0.3, 0.4) is 0 Å². The molecule has 3 atom stereocenters. The summed E-state index contributed by atoms with van der Waals surface area (Å²) in [6, 6.07) is 5.02. The quantitative estimate of drug-likeness (QED) is 0.568. The monoisotopic (exact) mass is 402 g/mol. The van der Waals surface area contributed by atoms with Gasteiger partial charge in [0.25, 0.3) is 11.8 Å². The van der Waals surface area contributed by atoms with E-state index in [1.165, 1.54) is 0 Å². The van der Waals surface area contributed by atoms with E-state index in [9.17, 15) is 19.2 Å². The Morgan fingerprint density at radius 2 is 1.86 bits per heavy atom. The number of nitrogens with zero attached hydrogens (tertiary/aromatic N) is 2. The van der Waals surface area contributed by atoms with Crippen molar-refractivity contribution in [2.24, 2.45) is 0 Å². The Balaban J connectivity index is 1.69. The fourth-order valence-electron chi connectivity index (χ4n) is 4.36. The second kappa shape index (κ2) is 6.92. The van der Waals surface area contributed by atoms with E-state index < -0.39 is 34.7 Å². The van der Waals surface area contributed by atoms with Crippen LogP contribution in [0.5, 0.6) is 0 Å². The molecule has 2 saturated heterocycles. The highest BCUT2D eigenvalue weighted by Crippen LogP contribution is 2.46. The van der Waals surface area contributed by atoms with Crippen LogP contribution < -0.4 is 0 Å². The van der Waals surface area contributed by atoms with E-state index in [1.807, 2.05) is 6.92 Å². The molecule has 3 heterocycles. The summed E-state index contributed by atoms with van der Waals surface area (Å²) >= 11 is 1.56. The van der Waals surface area contributed by atoms with E-state index >= 15 is 0 Å². The normalized spacial score (nSPS) is 29.6. The number of carbonyl (C=O) groups is 4. The van der Waals surface area contributed by atoms with E-state index in [-0.39, 0.29) is 12.5 Å². The number of amides is 3. The van der Waals surface area contributed by atoms with Gasteiger partial charge < -0.3 is 9.64 Å². The van der Waals surface area contributed by atoms with Crippen LogP contribution in [0.2, 0.25) is 0 Å². The Morgan fingerprint density at radius 1 is 1.21 bits per heavy atom. The Hall–Kier alpha value is -2.35. The lowest BCUT2D eigenvalue weighted by atomic mass is 10.1. The number of thioether (sulfide) groups is 1. The van der Waals surface area contributed by atoms with Crippen LogP contribution >= 0.6 is 11.8 Å². The molecule has 0 spiro atoms. The summed E-state index contributed by atoms with van der Waals surface area (Å²) in [6.45, 7) is 3.91. The van der Waals surface area contributed by atoms with E-state index in [4.69, 9.17) is 4.74 Å². The van der Waals surface area contributed by atoms with Crippen LogP contribution in [-0.4, -0.2) is 62.8 Å². The molecule has 4 rings (SSSR count). The minimum Gasteiger partial charge on any atom is -0.464 e. The topological polar surface area (TPSA) is 84.0 Å². The fourth-order valence-corrected chi connectivity index (χ4v) is 5.81. The highest BCUT2D eigenvalue weighted by Gasteiger charge is 2.55. The minimum absolute atomic E-state index is 0.237. The van der Waals surface area contributed by atoms with Crippen molar-refractivity contribution >= 4 is 35.5 Å². The molecule has 3 amide bonds. The lowest BCUT2D eigenvalue weighted by Gasteiger charge is -2.37. The third-order valence-electron chi connectivity index (χ3n) is 5.71. The van der Waals surface area contributed by atoms with Crippen molar-refractivity contribution in [2.75, 3.05) is 12.4 Å². The number of imide groups is 1. The Morgan fingerprint density at radius 3 is 2.46 bits per heavy atom. The molecule has 1 aromatic rings. The molecule has 7 nitrogen and oxygen atoms in total. The molecule has 0 bridgehead atoms. The van der Waals surface area contributed by atoms with Crippen molar-refractivity contribution in [1.29, 1.82) is 0 Å². The molecular formula is C20H22N2O5S. The zero-order valence-corrected chi connectivity index (χ0v) is 16.7. The molecule has 0 aliphatic carbocycles. The number of carbonyl (C=O) groups excluding carboxylic acids is 4.